The lowest BCUT2D eigenvalue weighted by Crippen LogP contribution is -2.51. The standard InChI is InChI=1S/C21H23BrN2O2S/c1-12(18(25)21-9-13-6-14(10-21)8-15(7-13)11-21)27-20-24-23-19(26-20)16-2-4-17(22)5-3-16/h2-5,12-15H,6-11H2,1H3. The lowest BCUT2D eigenvalue weighted by atomic mass is 9.48. The molecule has 0 aliphatic heterocycles. The van der Waals surface area contributed by atoms with Crippen LogP contribution in [0.15, 0.2) is 38.4 Å². The van der Waals surface area contributed by atoms with E-state index in [1.54, 1.807) is 0 Å². The van der Waals surface area contributed by atoms with Crippen LogP contribution in [0, 0.1) is 23.2 Å². The average molecular weight is 447 g/mol. The smallest absolute Gasteiger partial charge is 0.277 e. The maximum absolute atomic E-state index is 13.4. The fourth-order valence-corrected chi connectivity index (χ4v) is 7.15. The first kappa shape index (κ1) is 17.9. The highest BCUT2D eigenvalue weighted by Gasteiger charge is 2.55. The van der Waals surface area contributed by atoms with E-state index in [1.165, 1.54) is 31.0 Å². The van der Waals surface area contributed by atoms with Gasteiger partial charge in [0.2, 0.25) is 5.89 Å². The molecule has 4 aliphatic carbocycles. The summed E-state index contributed by atoms with van der Waals surface area (Å²) >= 11 is 4.85. The van der Waals surface area contributed by atoms with Gasteiger partial charge in [0.25, 0.3) is 5.22 Å². The number of rotatable bonds is 5. The van der Waals surface area contributed by atoms with Gasteiger partial charge in [0, 0.05) is 15.5 Å². The highest BCUT2D eigenvalue weighted by Crippen LogP contribution is 2.61. The molecule has 1 unspecified atom stereocenters. The van der Waals surface area contributed by atoms with Gasteiger partial charge in [-0.1, -0.05) is 27.7 Å². The molecular weight excluding hydrogens is 424 g/mol. The van der Waals surface area contributed by atoms with E-state index in [2.05, 4.69) is 26.1 Å². The zero-order valence-corrected chi connectivity index (χ0v) is 17.8. The topological polar surface area (TPSA) is 56.0 Å². The fourth-order valence-electron chi connectivity index (χ4n) is 6.01. The first-order valence-electron chi connectivity index (χ1n) is 9.81. The van der Waals surface area contributed by atoms with Crippen LogP contribution in [0.4, 0.5) is 0 Å². The third-order valence-electron chi connectivity index (χ3n) is 6.71. The minimum Gasteiger partial charge on any atom is -0.411 e. The van der Waals surface area contributed by atoms with Crippen LogP contribution in [-0.4, -0.2) is 21.2 Å². The van der Waals surface area contributed by atoms with E-state index in [0.29, 0.717) is 16.9 Å². The molecule has 4 nitrogen and oxygen atoms in total. The van der Waals surface area contributed by atoms with Crippen molar-refractivity contribution in [2.24, 2.45) is 23.2 Å². The van der Waals surface area contributed by atoms with Crippen molar-refractivity contribution in [3.63, 3.8) is 0 Å². The van der Waals surface area contributed by atoms with Crippen molar-refractivity contribution in [2.75, 3.05) is 0 Å². The number of thioether (sulfide) groups is 1. The molecule has 1 atom stereocenters. The van der Waals surface area contributed by atoms with Crippen molar-refractivity contribution in [2.45, 2.75) is 55.9 Å². The molecule has 0 spiro atoms. The summed E-state index contributed by atoms with van der Waals surface area (Å²) < 4.78 is 6.83. The second kappa shape index (κ2) is 6.73. The van der Waals surface area contributed by atoms with Gasteiger partial charge in [-0.15, -0.1) is 10.2 Å². The Morgan fingerprint density at radius 1 is 1.11 bits per heavy atom. The lowest BCUT2D eigenvalue weighted by Gasteiger charge is -2.56. The predicted molar refractivity (Wildman–Crippen MR) is 108 cm³/mol. The number of hydrogen-bond donors (Lipinski definition) is 0. The van der Waals surface area contributed by atoms with Crippen LogP contribution in [0.25, 0.3) is 11.5 Å². The van der Waals surface area contributed by atoms with E-state index in [1.807, 2.05) is 31.2 Å². The van der Waals surface area contributed by atoms with Crippen molar-refractivity contribution in [1.82, 2.24) is 10.2 Å². The van der Waals surface area contributed by atoms with E-state index in [9.17, 15) is 4.79 Å². The highest BCUT2D eigenvalue weighted by molar-refractivity contribution is 9.10. The Morgan fingerprint density at radius 3 is 2.30 bits per heavy atom. The molecule has 6 heteroatoms. The van der Waals surface area contributed by atoms with Crippen LogP contribution in [0.2, 0.25) is 0 Å². The minimum atomic E-state index is -0.139. The van der Waals surface area contributed by atoms with Gasteiger partial charge in [0.05, 0.1) is 5.25 Å². The van der Waals surface area contributed by atoms with Gasteiger partial charge in [-0.3, -0.25) is 4.79 Å². The number of carbonyl (C=O) groups excluding carboxylic acids is 1. The zero-order chi connectivity index (χ0) is 18.6. The third-order valence-corrected chi connectivity index (χ3v) is 8.17. The molecule has 6 rings (SSSR count). The number of Topliss-reactive ketones (excluding diaryl/α,β-unsaturated/α-hetero) is 1. The largest absolute Gasteiger partial charge is 0.411 e. The molecule has 27 heavy (non-hydrogen) atoms. The van der Waals surface area contributed by atoms with Crippen molar-refractivity contribution in [3.05, 3.63) is 28.7 Å². The Labute approximate surface area is 172 Å². The number of carbonyl (C=O) groups is 1. The van der Waals surface area contributed by atoms with E-state index < -0.39 is 0 Å². The Hall–Kier alpha value is -1.14. The molecule has 4 saturated carbocycles. The Kier molecular flexibility index (Phi) is 4.47. The van der Waals surface area contributed by atoms with Crippen molar-refractivity contribution in [1.29, 1.82) is 0 Å². The van der Waals surface area contributed by atoms with Gasteiger partial charge in [-0.2, -0.15) is 0 Å². The second-order valence-corrected chi connectivity index (χ2v) is 10.9. The van der Waals surface area contributed by atoms with Crippen molar-refractivity contribution < 1.29 is 9.21 Å². The molecule has 4 fully saturated rings. The molecule has 4 aliphatic rings. The minimum absolute atomic E-state index is 0.0737. The molecule has 1 aromatic heterocycles. The second-order valence-electron chi connectivity index (χ2n) is 8.70. The monoisotopic (exact) mass is 446 g/mol. The van der Waals surface area contributed by atoms with Gasteiger partial charge < -0.3 is 4.42 Å². The zero-order valence-electron chi connectivity index (χ0n) is 15.4. The summed E-state index contributed by atoms with van der Waals surface area (Å²) in [5.41, 5.74) is 0.813. The fraction of sp³-hybridized carbons (Fsp3) is 0.571. The number of aromatic nitrogens is 2. The summed E-state index contributed by atoms with van der Waals surface area (Å²) in [6.45, 7) is 2.01. The molecule has 0 saturated heterocycles. The van der Waals surface area contributed by atoms with Crippen LogP contribution in [0.5, 0.6) is 0 Å². The van der Waals surface area contributed by atoms with Crippen LogP contribution in [0.1, 0.15) is 45.4 Å². The van der Waals surface area contributed by atoms with Gasteiger partial charge in [-0.25, -0.2) is 0 Å². The summed E-state index contributed by atoms with van der Waals surface area (Å²) in [7, 11) is 0. The molecule has 0 N–H and O–H groups in total. The van der Waals surface area contributed by atoms with Crippen LogP contribution in [0.3, 0.4) is 0 Å². The van der Waals surface area contributed by atoms with Crippen molar-refractivity contribution in [3.8, 4) is 11.5 Å². The highest BCUT2D eigenvalue weighted by atomic mass is 79.9. The van der Waals surface area contributed by atoms with Crippen LogP contribution >= 0.6 is 27.7 Å². The molecule has 2 aromatic rings. The third kappa shape index (κ3) is 3.29. The first-order valence-corrected chi connectivity index (χ1v) is 11.5. The van der Waals surface area contributed by atoms with Crippen LogP contribution < -0.4 is 0 Å². The predicted octanol–water partition coefficient (Wildman–Crippen LogP) is 5.77. The summed E-state index contributed by atoms with van der Waals surface area (Å²) in [6, 6.07) is 7.78. The molecular formula is C21H23BrN2O2S. The average Bonchev–Trinajstić information content (AvgIpc) is 3.09. The molecule has 0 radical (unpaired) electrons. The number of halogens is 1. The number of benzene rings is 1. The van der Waals surface area contributed by atoms with Crippen LogP contribution in [-0.2, 0) is 4.79 Å². The van der Waals surface area contributed by atoms with E-state index >= 15 is 0 Å². The van der Waals surface area contributed by atoms with E-state index in [-0.39, 0.29) is 10.7 Å². The van der Waals surface area contributed by atoms with Gasteiger partial charge in [0.15, 0.2) is 5.78 Å². The summed E-state index contributed by atoms with van der Waals surface area (Å²) in [4.78, 5) is 13.4. The molecule has 4 bridgehead atoms. The quantitative estimate of drug-likeness (QED) is 0.545. The number of nitrogens with zero attached hydrogens (tertiary/aromatic N) is 2. The Bertz CT molecular complexity index is 828. The lowest BCUT2D eigenvalue weighted by molar-refractivity contribution is -0.143. The number of hydrogen-bond acceptors (Lipinski definition) is 5. The molecule has 1 heterocycles. The van der Waals surface area contributed by atoms with E-state index in [0.717, 1.165) is 47.1 Å². The maximum Gasteiger partial charge on any atom is 0.277 e. The first-order chi connectivity index (χ1) is 13.0. The Morgan fingerprint density at radius 2 is 1.70 bits per heavy atom. The van der Waals surface area contributed by atoms with Gasteiger partial charge in [0.1, 0.15) is 0 Å². The normalized spacial score (nSPS) is 32.6. The molecule has 142 valence electrons. The summed E-state index contributed by atoms with van der Waals surface area (Å²) in [5.74, 6) is 3.26. The number of ketones is 1. The summed E-state index contributed by atoms with van der Waals surface area (Å²) in [6.07, 6.45) is 7.39. The molecule has 1 aromatic carbocycles. The maximum atomic E-state index is 13.4. The van der Waals surface area contributed by atoms with Gasteiger partial charge in [-0.05, 0) is 87.5 Å². The van der Waals surface area contributed by atoms with E-state index in [4.69, 9.17) is 4.42 Å². The SMILES string of the molecule is CC(Sc1nnc(-c2ccc(Br)cc2)o1)C(=O)C12CC3CC(CC(C3)C1)C2. The summed E-state index contributed by atoms with van der Waals surface area (Å²) in [5, 5.41) is 8.67. The van der Waals surface area contributed by atoms with Gasteiger partial charge >= 0.3 is 0 Å². The Balaban J connectivity index is 1.30. The molecule has 0 amide bonds. The van der Waals surface area contributed by atoms with Crippen molar-refractivity contribution >= 4 is 33.5 Å².